The van der Waals surface area contributed by atoms with Gasteiger partial charge in [-0.15, -0.1) is 0 Å². The molecule has 0 aliphatic carbocycles. The van der Waals surface area contributed by atoms with Crippen LogP contribution in [0.4, 0.5) is 0 Å². The number of nitrogens with one attached hydrogen (secondary N) is 1. The van der Waals surface area contributed by atoms with Gasteiger partial charge < -0.3 is 5.32 Å². The van der Waals surface area contributed by atoms with Crippen LogP contribution < -0.4 is 5.32 Å². The molecular formula is C19H24BrN. The fraction of sp³-hybridized carbons (Fsp3) is 0.368. The maximum absolute atomic E-state index is 3.62. The first-order valence-electron chi connectivity index (χ1n) is 7.74. The van der Waals surface area contributed by atoms with Gasteiger partial charge in [0.25, 0.3) is 0 Å². The van der Waals surface area contributed by atoms with E-state index in [1.54, 1.807) is 0 Å². The van der Waals surface area contributed by atoms with Gasteiger partial charge in [-0.05, 0) is 55.5 Å². The smallest absolute Gasteiger partial charge is 0.0320 e. The largest absolute Gasteiger partial charge is 0.310 e. The fourth-order valence-electron chi connectivity index (χ4n) is 2.67. The van der Waals surface area contributed by atoms with Crippen LogP contribution in [0.25, 0.3) is 0 Å². The monoisotopic (exact) mass is 345 g/mol. The maximum atomic E-state index is 3.62. The molecule has 0 radical (unpaired) electrons. The second kappa shape index (κ2) is 8.35. The summed E-state index contributed by atoms with van der Waals surface area (Å²) < 4.78 is 1.19. The Bertz CT molecular complexity index is 551. The van der Waals surface area contributed by atoms with Crippen molar-refractivity contribution in [2.75, 3.05) is 6.54 Å². The van der Waals surface area contributed by atoms with Crippen molar-refractivity contribution in [3.8, 4) is 0 Å². The Morgan fingerprint density at radius 3 is 2.52 bits per heavy atom. The molecule has 0 spiro atoms. The quantitative estimate of drug-likeness (QED) is 0.705. The molecule has 0 aromatic heterocycles. The van der Waals surface area contributed by atoms with Gasteiger partial charge in [0, 0.05) is 10.5 Å². The number of aryl methyl sites for hydroxylation is 2. The molecule has 1 N–H and O–H groups in total. The van der Waals surface area contributed by atoms with Crippen molar-refractivity contribution in [2.45, 2.75) is 39.2 Å². The molecular weight excluding hydrogens is 322 g/mol. The standard InChI is InChI=1S/C19H24BrN/c1-3-21-19(17-12-13-18(20)15(2)14-17)11-7-10-16-8-5-4-6-9-16/h4-6,8-9,12-14,19,21H,3,7,10-11H2,1-2H3. The van der Waals surface area contributed by atoms with Gasteiger partial charge in [0.05, 0.1) is 0 Å². The molecule has 2 aromatic rings. The molecule has 0 saturated carbocycles. The predicted octanol–water partition coefficient (Wildman–Crippen LogP) is 5.43. The zero-order valence-electron chi connectivity index (χ0n) is 12.9. The van der Waals surface area contributed by atoms with Crippen LogP contribution in [0.3, 0.4) is 0 Å². The van der Waals surface area contributed by atoms with Crippen LogP contribution in [-0.4, -0.2) is 6.54 Å². The van der Waals surface area contributed by atoms with Gasteiger partial charge in [-0.2, -0.15) is 0 Å². The third kappa shape index (κ3) is 4.98. The first-order chi connectivity index (χ1) is 10.2. The number of benzene rings is 2. The molecule has 2 heteroatoms. The molecule has 1 atom stereocenters. The molecule has 0 fully saturated rings. The van der Waals surface area contributed by atoms with Crippen molar-refractivity contribution in [1.82, 2.24) is 5.32 Å². The Morgan fingerprint density at radius 1 is 1.10 bits per heavy atom. The highest BCUT2D eigenvalue weighted by atomic mass is 79.9. The SMILES string of the molecule is CCNC(CCCc1ccccc1)c1ccc(Br)c(C)c1. The highest BCUT2D eigenvalue weighted by molar-refractivity contribution is 9.10. The Kier molecular flexibility index (Phi) is 6.47. The van der Waals surface area contributed by atoms with Gasteiger partial charge in [-0.1, -0.05) is 65.3 Å². The fourth-order valence-corrected chi connectivity index (χ4v) is 2.92. The number of halogens is 1. The molecule has 2 rings (SSSR count). The summed E-state index contributed by atoms with van der Waals surface area (Å²) in [5.74, 6) is 0. The molecule has 0 saturated heterocycles. The normalized spacial score (nSPS) is 12.3. The Hall–Kier alpha value is -1.12. The van der Waals surface area contributed by atoms with Crippen molar-refractivity contribution in [3.05, 3.63) is 69.7 Å². The van der Waals surface area contributed by atoms with E-state index < -0.39 is 0 Å². The van der Waals surface area contributed by atoms with E-state index in [2.05, 4.69) is 83.6 Å². The van der Waals surface area contributed by atoms with E-state index in [0.29, 0.717) is 6.04 Å². The second-order valence-corrected chi connectivity index (χ2v) is 6.35. The van der Waals surface area contributed by atoms with E-state index in [0.717, 1.165) is 13.0 Å². The van der Waals surface area contributed by atoms with Gasteiger partial charge in [0.1, 0.15) is 0 Å². The van der Waals surface area contributed by atoms with Gasteiger partial charge >= 0.3 is 0 Å². The van der Waals surface area contributed by atoms with Crippen molar-refractivity contribution >= 4 is 15.9 Å². The highest BCUT2D eigenvalue weighted by Gasteiger charge is 2.11. The molecule has 112 valence electrons. The topological polar surface area (TPSA) is 12.0 Å². The van der Waals surface area contributed by atoms with Gasteiger partial charge in [0.15, 0.2) is 0 Å². The summed E-state index contributed by atoms with van der Waals surface area (Å²) >= 11 is 3.58. The second-order valence-electron chi connectivity index (χ2n) is 5.50. The van der Waals surface area contributed by atoms with Crippen molar-refractivity contribution in [2.24, 2.45) is 0 Å². The summed E-state index contributed by atoms with van der Waals surface area (Å²) in [6.07, 6.45) is 3.53. The molecule has 2 aromatic carbocycles. The van der Waals surface area contributed by atoms with Crippen LogP contribution in [0.5, 0.6) is 0 Å². The van der Waals surface area contributed by atoms with Gasteiger partial charge in [0.2, 0.25) is 0 Å². The lowest BCUT2D eigenvalue weighted by atomic mass is 9.98. The van der Waals surface area contributed by atoms with Crippen LogP contribution in [0, 0.1) is 6.92 Å². The number of hydrogen-bond donors (Lipinski definition) is 1. The van der Waals surface area contributed by atoms with Crippen LogP contribution in [0.2, 0.25) is 0 Å². The van der Waals surface area contributed by atoms with Gasteiger partial charge in [-0.25, -0.2) is 0 Å². The molecule has 0 amide bonds. The molecule has 21 heavy (non-hydrogen) atoms. The molecule has 1 nitrogen and oxygen atoms in total. The minimum Gasteiger partial charge on any atom is -0.310 e. The molecule has 0 bridgehead atoms. The maximum Gasteiger partial charge on any atom is 0.0320 e. The van der Waals surface area contributed by atoms with E-state index in [1.807, 2.05) is 0 Å². The lowest BCUT2D eigenvalue weighted by Crippen LogP contribution is -2.21. The molecule has 0 aliphatic heterocycles. The average molecular weight is 346 g/mol. The number of rotatable bonds is 7. The zero-order chi connectivity index (χ0) is 15.1. The highest BCUT2D eigenvalue weighted by Crippen LogP contribution is 2.24. The van der Waals surface area contributed by atoms with Crippen molar-refractivity contribution < 1.29 is 0 Å². The Labute approximate surface area is 136 Å². The summed E-state index contributed by atoms with van der Waals surface area (Å²) in [5, 5.41) is 3.62. The molecule has 1 unspecified atom stereocenters. The summed E-state index contributed by atoms with van der Waals surface area (Å²) in [4.78, 5) is 0. The van der Waals surface area contributed by atoms with Crippen LogP contribution >= 0.6 is 15.9 Å². The summed E-state index contributed by atoms with van der Waals surface area (Å²) in [6.45, 7) is 5.33. The third-order valence-corrected chi connectivity index (χ3v) is 4.73. The van der Waals surface area contributed by atoms with Crippen LogP contribution in [0.1, 0.15) is 42.5 Å². The van der Waals surface area contributed by atoms with Crippen LogP contribution in [0.15, 0.2) is 53.0 Å². The summed E-state index contributed by atoms with van der Waals surface area (Å²) in [7, 11) is 0. The van der Waals surface area contributed by atoms with Crippen LogP contribution in [-0.2, 0) is 6.42 Å². The van der Waals surface area contributed by atoms with Gasteiger partial charge in [-0.3, -0.25) is 0 Å². The Balaban J connectivity index is 1.97. The molecule has 0 heterocycles. The predicted molar refractivity (Wildman–Crippen MR) is 94.7 cm³/mol. The lowest BCUT2D eigenvalue weighted by Gasteiger charge is -2.19. The van der Waals surface area contributed by atoms with Crippen molar-refractivity contribution in [3.63, 3.8) is 0 Å². The minimum atomic E-state index is 0.450. The number of hydrogen-bond acceptors (Lipinski definition) is 1. The lowest BCUT2D eigenvalue weighted by molar-refractivity contribution is 0.498. The Morgan fingerprint density at radius 2 is 1.86 bits per heavy atom. The minimum absolute atomic E-state index is 0.450. The van der Waals surface area contributed by atoms with E-state index in [4.69, 9.17) is 0 Å². The van der Waals surface area contributed by atoms with E-state index in [1.165, 1.54) is 34.0 Å². The first-order valence-corrected chi connectivity index (χ1v) is 8.53. The van der Waals surface area contributed by atoms with E-state index in [-0.39, 0.29) is 0 Å². The summed E-state index contributed by atoms with van der Waals surface area (Å²) in [5.41, 5.74) is 4.13. The van der Waals surface area contributed by atoms with Crippen molar-refractivity contribution in [1.29, 1.82) is 0 Å². The zero-order valence-corrected chi connectivity index (χ0v) is 14.5. The summed E-state index contributed by atoms with van der Waals surface area (Å²) in [6, 6.07) is 17.9. The molecule has 0 aliphatic rings. The average Bonchev–Trinajstić information content (AvgIpc) is 2.50. The first kappa shape index (κ1) is 16.3. The van der Waals surface area contributed by atoms with E-state index >= 15 is 0 Å². The third-order valence-electron chi connectivity index (χ3n) is 3.84. The van der Waals surface area contributed by atoms with E-state index in [9.17, 15) is 0 Å².